The zero-order chi connectivity index (χ0) is 20.4. The highest BCUT2D eigenvalue weighted by molar-refractivity contribution is 5.95. The molecule has 2 fully saturated rings. The summed E-state index contributed by atoms with van der Waals surface area (Å²) in [5.41, 5.74) is 3.72. The van der Waals surface area contributed by atoms with E-state index in [4.69, 9.17) is 4.74 Å². The van der Waals surface area contributed by atoms with Gasteiger partial charge in [-0.1, -0.05) is 6.07 Å². The van der Waals surface area contributed by atoms with E-state index in [2.05, 4.69) is 12.2 Å². The minimum atomic E-state index is -0.0278. The Bertz CT molecular complexity index is 903. The molecule has 1 heterocycles. The van der Waals surface area contributed by atoms with Crippen molar-refractivity contribution in [1.82, 2.24) is 10.2 Å². The first-order valence-electron chi connectivity index (χ1n) is 10.4. The maximum atomic E-state index is 13.0. The van der Waals surface area contributed by atoms with Crippen LogP contribution in [0.25, 0.3) is 0 Å². The summed E-state index contributed by atoms with van der Waals surface area (Å²) in [5, 5.41) is 2.98. The fourth-order valence-electron chi connectivity index (χ4n) is 3.71. The highest BCUT2D eigenvalue weighted by Gasteiger charge is 2.30. The zero-order valence-electron chi connectivity index (χ0n) is 17.1. The summed E-state index contributed by atoms with van der Waals surface area (Å²) >= 11 is 0. The molecule has 1 saturated heterocycles. The lowest BCUT2D eigenvalue weighted by atomic mass is 10.1. The van der Waals surface area contributed by atoms with Gasteiger partial charge in [0.15, 0.2) is 0 Å². The Morgan fingerprint density at radius 3 is 2.41 bits per heavy atom. The number of carbonyl (C=O) groups is 2. The van der Waals surface area contributed by atoms with Crippen LogP contribution in [0.1, 0.15) is 57.5 Å². The Hall–Kier alpha value is -2.82. The predicted octanol–water partition coefficient (Wildman–Crippen LogP) is 3.88. The van der Waals surface area contributed by atoms with Crippen LogP contribution in [0.3, 0.4) is 0 Å². The van der Waals surface area contributed by atoms with Gasteiger partial charge >= 0.3 is 0 Å². The van der Waals surface area contributed by atoms with Crippen LogP contribution in [-0.4, -0.2) is 41.9 Å². The fourth-order valence-corrected chi connectivity index (χ4v) is 3.71. The molecule has 29 heavy (non-hydrogen) atoms. The summed E-state index contributed by atoms with van der Waals surface area (Å²) in [7, 11) is 0. The molecule has 0 unspecified atom stereocenters. The van der Waals surface area contributed by atoms with Crippen LogP contribution in [0.4, 0.5) is 0 Å². The molecule has 5 nitrogen and oxygen atoms in total. The highest BCUT2D eigenvalue weighted by Crippen LogP contribution is 2.23. The van der Waals surface area contributed by atoms with Crippen molar-refractivity contribution in [3.8, 4) is 5.75 Å². The number of aryl methyl sites for hydroxylation is 2. The number of nitrogens with one attached hydrogen (secondary N) is 1. The van der Waals surface area contributed by atoms with Gasteiger partial charge in [-0.15, -0.1) is 0 Å². The number of carbonyl (C=O) groups excluding carboxylic acids is 2. The summed E-state index contributed by atoms with van der Waals surface area (Å²) in [4.78, 5) is 27.0. The molecule has 152 valence electrons. The van der Waals surface area contributed by atoms with E-state index in [9.17, 15) is 9.59 Å². The van der Waals surface area contributed by atoms with E-state index in [0.717, 1.165) is 49.1 Å². The molecule has 0 spiro atoms. The molecule has 1 N–H and O–H groups in total. The van der Waals surface area contributed by atoms with Gasteiger partial charge in [0.2, 0.25) is 0 Å². The first-order chi connectivity index (χ1) is 14.0. The van der Waals surface area contributed by atoms with Crippen LogP contribution in [0.2, 0.25) is 0 Å². The Kier molecular flexibility index (Phi) is 5.56. The smallest absolute Gasteiger partial charge is 0.254 e. The van der Waals surface area contributed by atoms with E-state index in [1.54, 1.807) is 12.1 Å². The molecule has 2 amide bonds. The average Bonchev–Trinajstić information content (AvgIpc) is 3.41. The second-order valence-electron chi connectivity index (χ2n) is 8.18. The Balaban J connectivity index is 1.35. The van der Waals surface area contributed by atoms with Crippen molar-refractivity contribution >= 4 is 11.8 Å². The molecule has 5 heteroatoms. The van der Waals surface area contributed by atoms with Gasteiger partial charge in [-0.2, -0.15) is 0 Å². The van der Waals surface area contributed by atoms with Gasteiger partial charge in [-0.05, 0) is 87.1 Å². The number of benzene rings is 2. The van der Waals surface area contributed by atoms with Crippen LogP contribution in [0, 0.1) is 13.8 Å². The lowest BCUT2D eigenvalue weighted by Crippen LogP contribution is -2.39. The third kappa shape index (κ3) is 4.61. The quantitative estimate of drug-likeness (QED) is 0.812. The number of rotatable bonds is 6. The van der Waals surface area contributed by atoms with E-state index in [1.165, 1.54) is 5.56 Å². The molecule has 1 aliphatic heterocycles. The zero-order valence-corrected chi connectivity index (χ0v) is 17.1. The molecular formula is C24H28N2O3. The molecule has 1 atom stereocenters. The summed E-state index contributed by atoms with van der Waals surface area (Å²) in [5.74, 6) is 0.768. The standard InChI is InChI=1S/C24H28N2O3/c1-16-5-6-19(14-17(16)2)24(28)26-13-3-4-21(26)15-29-22-11-7-18(8-12-22)23(27)25-20-9-10-20/h5-8,11-12,14,20-21H,3-4,9-10,13,15H2,1-2H3,(H,25,27)/t21-/m1/s1. The summed E-state index contributed by atoms with van der Waals surface area (Å²) < 4.78 is 5.95. The summed E-state index contributed by atoms with van der Waals surface area (Å²) in [6.07, 6.45) is 4.08. The van der Waals surface area contributed by atoms with Crippen LogP contribution in [-0.2, 0) is 0 Å². The number of hydrogen-bond donors (Lipinski definition) is 1. The molecule has 0 bridgehead atoms. The van der Waals surface area contributed by atoms with Gasteiger partial charge in [0.05, 0.1) is 6.04 Å². The topological polar surface area (TPSA) is 58.6 Å². The van der Waals surface area contributed by atoms with Crippen LogP contribution < -0.4 is 10.1 Å². The molecular weight excluding hydrogens is 364 g/mol. The van der Waals surface area contributed by atoms with Gasteiger partial charge in [0, 0.05) is 23.7 Å². The fraction of sp³-hybridized carbons (Fsp3) is 0.417. The van der Waals surface area contributed by atoms with E-state index >= 15 is 0 Å². The van der Waals surface area contributed by atoms with Crippen LogP contribution in [0.5, 0.6) is 5.75 Å². The third-order valence-electron chi connectivity index (χ3n) is 5.86. The third-order valence-corrected chi connectivity index (χ3v) is 5.86. The van der Waals surface area contributed by atoms with Gasteiger partial charge < -0.3 is 15.0 Å². The lowest BCUT2D eigenvalue weighted by Gasteiger charge is -2.25. The Labute approximate surface area is 172 Å². The van der Waals surface area contributed by atoms with Gasteiger partial charge in [-0.25, -0.2) is 0 Å². The SMILES string of the molecule is Cc1ccc(C(=O)N2CCC[C@@H]2COc2ccc(C(=O)NC3CC3)cc2)cc1C. The molecule has 4 rings (SSSR count). The van der Waals surface area contributed by atoms with E-state index in [1.807, 2.05) is 42.2 Å². The molecule has 0 aromatic heterocycles. The highest BCUT2D eigenvalue weighted by atomic mass is 16.5. The first-order valence-corrected chi connectivity index (χ1v) is 10.4. The molecule has 2 aliphatic rings. The van der Waals surface area contributed by atoms with Crippen molar-refractivity contribution in [3.63, 3.8) is 0 Å². The minimum Gasteiger partial charge on any atom is -0.491 e. The van der Waals surface area contributed by atoms with E-state index in [-0.39, 0.29) is 17.9 Å². The predicted molar refractivity (Wildman–Crippen MR) is 112 cm³/mol. The molecule has 2 aromatic rings. The van der Waals surface area contributed by atoms with Crippen LogP contribution >= 0.6 is 0 Å². The Morgan fingerprint density at radius 1 is 1.00 bits per heavy atom. The molecule has 1 saturated carbocycles. The molecule has 2 aromatic carbocycles. The monoisotopic (exact) mass is 392 g/mol. The minimum absolute atomic E-state index is 0.0278. The summed E-state index contributed by atoms with van der Waals surface area (Å²) in [6, 6.07) is 13.5. The largest absolute Gasteiger partial charge is 0.491 e. The number of hydrogen-bond acceptors (Lipinski definition) is 3. The second-order valence-corrected chi connectivity index (χ2v) is 8.18. The van der Waals surface area contributed by atoms with Gasteiger partial charge in [0.1, 0.15) is 12.4 Å². The number of amides is 2. The van der Waals surface area contributed by atoms with Crippen molar-refractivity contribution in [2.75, 3.05) is 13.2 Å². The maximum absolute atomic E-state index is 13.0. The Morgan fingerprint density at radius 2 is 1.72 bits per heavy atom. The second kappa shape index (κ2) is 8.27. The maximum Gasteiger partial charge on any atom is 0.254 e. The number of ether oxygens (including phenoxy) is 1. The molecule has 1 aliphatic carbocycles. The lowest BCUT2D eigenvalue weighted by molar-refractivity contribution is 0.0691. The van der Waals surface area contributed by atoms with E-state index in [0.29, 0.717) is 18.2 Å². The number of likely N-dealkylation sites (tertiary alicyclic amines) is 1. The molecule has 0 radical (unpaired) electrons. The van der Waals surface area contributed by atoms with Crippen LogP contribution in [0.15, 0.2) is 42.5 Å². The van der Waals surface area contributed by atoms with Crippen molar-refractivity contribution < 1.29 is 14.3 Å². The van der Waals surface area contributed by atoms with Gasteiger partial charge in [0.25, 0.3) is 11.8 Å². The normalized spacial score (nSPS) is 18.6. The van der Waals surface area contributed by atoms with Crippen molar-refractivity contribution in [1.29, 1.82) is 0 Å². The van der Waals surface area contributed by atoms with Crippen molar-refractivity contribution in [2.24, 2.45) is 0 Å². The van der Waals surface area contributed by atoms with Gasteiger partial charge in [-0.3, -0.25) is 9.59 Å². The first kappa shape index (κ1) is 19.5. The van der Waals surface area contributed by atoms with E-state index < -0.39 is 0 Å². The van der Waals surface area contributed by atoms with Crippen molar-refractivity contribution in [2.45, 2.75) is 51.6 Å². The van der Waals surface area contributed by atoms with Crippen molar-refractivity contribution in [3.05, 3.63) is 64.7 Å². The average molecular weight is 392 g/mol. The number of nitrogens with zero attached hydrogens (tertiary/aromatic N) is 1. The summed E-state index contributed by atoms with van der Waals surface area (Å²) in [6.45, 7) is 5.31.